The van der Waals surface area contributed by atoms with E-state index in [2.05, 4.69) is 0 Å². The second-order valence-corrected chi connectivity index (χ2v) is 24.4. The summed E-state index contributed by atoms with van der Waals surface area (Å²) in [5, 5.41) is 97.5. The van der Waals surface area contributed by atoms with Gasteiger partial charge in [0.15, 0.2) is 0 Å². The standard InChI is InChI=1S/3C17H26O3.C5H12O4.Bi/c3*1-16(2,3)12-9-11(7-8-14(18)19)10-13(15(12)20)17(4,5)6;6-1-5(2-7,3-8)4-9;/h3*9-10,20H,7-8H2,1-6H3,(H,18,19);6-9H,1-4H2;/q;;;;+3/p-3. The van der Waals surface area contributed by atoms with E-state index in [0.717, 1.165) is 50.1 Å². The van der Waals surface area contributed by atoms with Crippen molar-refractivity contribution < 1.29 is 65.4 Å². The molecule has 0 aliphatic rings. The fraction of sp³-hybridized carbons (Fsp3) is 0.625. The minimum absolute atomic E-state index is 0. The molecule has 2 radical (unpaired) electrons. The molecular weight excluding hydrogens is 1090 g/mol. The molecule has 7 N–H and O–H groups in total. The molecule has 13 nitrogen and oxygen atoms in total. The van der Waals surface area contributed by atoms with Crippen molar-refractivity contribution in [1.29, 1.82) is 0 Å². The molecule has 0 aliphatic heterocycles. The molecule has 3 aromatic carbocycles. The molecule has 0 aliphatic carbocycles. The zero-order valence-corrected chi connectivity index (χ0v) is 49.0. The van der Waals surface area contributed by atoms with Crippen molar-refractivity contribution in [3.05, 3.63) is 86.5 Å². The second kappa shape index (κ2) is 27.3. The number of rotatable bonds is 13. The monoisotopic (exact) mass is 1180 g/mol. The normalized spacial score (nSPS) is 12.3. The van der Waals surface area contributed by atoms with Gasteiger partial charge in [-0.05, 0) is 121 Å². The van der Waals surface area contributed by atoms with Gasteiger partial charge >= 0.3 is 26.2 Å². The third-order valence-corrected chi connectivity index (χ3v) is 11.6. The molecule has 0 amide bonds. The first-order chi connectivity index (χ1) is 31.0. The number of phenolic OH excluding ortho intramolecular Hbond substituents is 3. The maximum atomic E-state index is 10.6. The van der Waals surface area contributed by atoms with Crippen molar-refractivity contribution in [2.24, 2.45) is 5.41 Å². The van der Waals surface area contributed by atoms with Crippen LogP contribution in [-0.2, 0) is 66.1 Å². The average Bonchev–Trinajstić information content (AvgIpc) is 3.18. The van der Waals surface area contributed by atoms with Crippen LogP contribution in [-0.4, -0.2) is 106 Å². The van der Waals surface area contributed by atoms with Crippen molar-refractivity contribution >= 4 is 44.1 Å². The summed E-state index contributed by atoms with van der Waals surface area (Å²) in [6.07, 6.45) is 1.27. The molecule has 70 heavy (non-hydrogen) atoms. The van der Waals surface area contributed by atoms with E-state index in [9.17, 15) is 45.0 Å². The van der Waals surface area contributed by atoms with Crippen LogP contribution in [0.1, 0.15) is 194 Å². The van der Waals surface area contributed by atoms with Gasteiger partial charge in [0.2, 0.25) is 0 Å². The number of hydrogen-bond acceptors (Lipinski definition) is 13. The van der Waals surface area contributed by atoms with Crippen molar-refractivity contribution in [2.45, 2.75) is 196 Å². The number of carbonyl (C=O) groups excluding carboxylic acids is 3. The Hall–Kier alpha value is -3.81. The minimum Gasteiger partial charge on any atom is -0.550 e. The van der Waals surface area contributed by atoms with E-state index >= 15 is 0 Å². The maximum Gasteiger partial charge on any atom is 3.00 e. The molecule has 0 heterocycles. The van der Waals surface area contributed by atoms with Crippen LogP contribution >= 0.6 is 0 Å². The number of aliphatic hydroxyl groups is 4. The molecule has 0 spiro atoms. The summed E-state index contributed by atoms with van der Waals surface area (Å²) in [5.41, 5.74) is 5.69. The summed E-state index contributed by atoms with van der Waals surface area (Å²) in [6, 6.07) is 11.5. The Morgan fingerprint density at radius 2 is 0.500 bits per heavy atom. The van der Waals surface area contributed by atoms with Gasteiger partial charge in [0.1, 0.15) is 17.2 Å². The van der Waals surface area contributed by atoms with Gasteiger partial charge in [-0.25, -0.2) is 0 Å². The second-order valence-electron chi connectivity index (χ2n) is 24.4. The fourth-order valence-corrected chi connectivity index (χ4v) is 6.99. The predicted octanol–water partition coefficient (Wildman–Crippen LogP) is 5.57. The Balaban J connectivity index is 0. The first-order valence-corrected chi connectivity index (χ1v) is 23.7. The molecular formula is C56H87BiO13. The van der Waals surface area contributed by atoms with Gasteiger partial charge in [0, 0.05) is 17.9 Å². The first-order valence-electron chi connectivity index (χ1n) is 23.7. The minimum atomic E-state index is -1.11. The molecule has 394 valence electrons. The smallest absolute Gasteiger partial charge is 0.550 e. The summed E-state index contributed by atoms with van der Waals surface area (Å²) in [7, 11) is 0. The van der Waals surface area contributed by atoms with Crippen LogP contribution in [0.25, 0.3) is 0 Å². The number of carbonyl (C=O) groups is 3. The van der Waals surface area contributed by atoms with E-state index in [4.69, 9.17) is 20.4 Å². The molecule has 0 saturated heterocycles. The Morgan fingerprint density at radius 1 is 0.357 bits per heavy atom. The van der Waals surface area contributed by atoms with Crippen LogP contribution < -0.4 is 15.3 Å². The van der Waals surface area contributed by atoms with Gasteiger partial charge in [0.25, 0.3) is 0 Å². The molecule has 0 aromatic heterocycles. The van der Waals surface area contributed by atoms with Gasteiger partial charge in [-0.2, -0.15) is 0 Å². The van der Waals surface area contributed by atoms with Crippen LogP contribution in [0.3, 0.4) is 0 Å². The van der Waals surface area contributed by atoms with Gasteiger partial charge in [-0.15, -0.1) is 0 Å². The number of phenols is 3. The maximum absolute atomic E-state index is 10.6. The number of aromatic hydroxyl groups is 3. The summed E-state index contributed by atoms with van der Waals surface area (Å²) in [4.78, 5) is 31.9. The number of hydrogen-bond donors (Lipinski definition) is 7. The van der Waals surface area contributed by atoms with Crippen LogP contribution in [0.2, 0.25) is 0 Å². The number of aliphatic hydroxyl groups excluding tert-OH is 4. The summed E-state index contributed by atoms with van der Waals surface area (Å²) in [5.74, 6) is -2.18. The first kappa shape index (κ1) is 68.3. The Labute approximate surface area is 438 Å². The molecule has 0 saturated carbocycles. The average molecular weight is 1180 g/mol. The van der Waals surface area contributed by atoms with Crippen LogP contribution in [0, 0.1) is 5.41 Å². The Bertz CT molecular complexity index is 1800. The molecule has 0 unspecified atom stereocenters. The third kappa shape index (κ3) is 22.3. The molecule has 3 rings (SSSR count). The number of benzene rings is 3. The van der Waals surface area contributed by atoms with Gasteiger partial charge < -0.3 is 65.4 Å². The van der Waals surface area contributed by atoms with Crippen molar-refractivity contribution in [3.8, 4) is 17.2 Å². The van der Waals surface area contributed by atoms with Gasteiger partial charge in [-0.3, -0.25) is 0 Å². The van der Waals surface area contributed by atoms with Crippen molar-refractivity contribution in [2.75, 3.05) is 26.4 Å². The summed E-state index contributed by atoms with van der Waals surface area (Å²) in [6.45, 7) is 35.1. The van der Waals surface area contributed by atoms with E-state index in [-0.39, 0.29) is 78.0 Å². The van der Waals surface area contributed by atoms with E-state index in [1.165, 1.54) is 0 Å². The van der Waals surface area contributed by atoms with Gasteiger partial charge in [0.05, 0.1) is 31.8 Å². The Kier molecular flexibility index (Phi) is 26.6. The largest absolute Gasteiger partial charge is 3.00 e. The topological polar surface area (TPSA) is 262 Å². The summed E-state index contributed by atoms with van der Waals surface area (Å²) >= 11 is 0. The zero-order valence-electron chi connectivity index (χ0n) is 45.6. The Morgan fingerprint density at radius 3 is 0.586 bits per heavy atom. The molecule has 3 aromatic rings. The number of carboxylic acids is 3. The van der Waals surface area contributed by atoms with Crippen LogP contribution in [0.15, 0.2) is 36.4 Å². The number of aryl methyl sites for hydroxylation is 3. The van der Waals surface area contributed by atoms with E-state index in [1.54, 1.807) is 0 Å². The molecule has 14 heteroatoms. The van der Waals surface area contributed by atoms with Crippen molar-refractivity contribution in [1.82, 2.24) is 0 Å². The van der Waals surface area contributed by atoms with Crippen LogP contribution in [0.5, 0.6) is 17.2 Å². The van der Waals surface area contributed by atoms with E-state index < -0.39 is 49.8 Å². The third-order valence-electron chi connectivity index (χ3n) is 11.6. The van der Waals surface area contributed by atoms with E-state index in [0.29, 0.717) is 36.5 Å². The quantitative estimate of drug-likeness (QED) is 0.103. The molecule has 0 fully saturated rings. The fourth-order valence-electron chi connectivity index (χ4n) is 6.99. The zero-order chi connectivity index (χ0) is 54.5. The predicted molar refractivity (Wildman–Crippen MR) is 273 cm³/mol. The molecule has 0 atom stereocenters. The van der Waals surface area contributed by atoms with Crippen molar-refractivity contribution in [3.63, 3.8) is 0 Å². The number of carboxylic acid groups (broad SMARTS) is 3. The van der Waals surface area contributed by atoms with E-state index in [1.807, 2.05) is 161 Å². The summed E-state index contributed by atoms with van der Waals surface area (Å²) < 4.78 is 0. The van der Waals surface area contributed by atoms with Gasteiger partial charge in [-0.1, -0.05) is 161 Å². The van der Waals surface area contributed by atoms with Crippen LogP contribution in [0.4, 0.5) is 0 Å². The SMILES string of the molecule is CC(C)(C)c1cc(CCC(=O)[O-])cc(C(C)(C)C)c1O.CC(C)(C)c1cc(CCC(=O)[O-])cc(C(C)(C)C)c1O.CC(C)(C)c1cc(CCC(=O)[O-])cc(C(C)(C)C)c1O.OCC(CO)(CO)CO.[Bi+3]. The number of aliphatic carboxylic acids is 3. The molecule has 0 bridgehead atoms.